The summed E-state index contributed by atoms with van der Waals surface area (Å²) in [6.07, 6.45) is 4.75. The Morgan fingerprint density at radius 3 is 2.44 bits per heavy atom. The molecule has 27 heavy (non-hydrogen) atoms. The van der Waals surface area contributed by atoms with Gasteiger partial charge in [-0.1, -0.05) is 12.1 Å². The molecule has 2 saturated heterocycles. The first-order valence-electron chi connectivity index (χ1n) is 9.28. The summed E-state index contributed by atoms with van der Waals surface area (Å²) in [7, 11) is 0. The average molecular weight is 368 g/mol. The highest BCUT2D eigenvalue weighted by Gasteiger charge is 2.40. The fourth-order valence-electron chi connectivity index (χ4n) is 3.50. The van der Waals surface area contributed by atoms with Crippen molar-refractivity contribution in [3.05, 3.63) is 47.3 Å². The molecule has 4 rings (SSSR count). The van der Waals surface area contributed by atoms with Gasteiger partial charge in [-0.05, 0) is 31.0 Å². The van der Waals surface area contributed by atoms with Crippen molar-refractivity contribution < 1.29 is 14.3 Å². The SMILES string of the molecule is Cc1ccc(C)c(NC(=O)c2cnc(N3CCC4(CC3)OCCO4)nc2)c1. The number of hydrogen-bond donors (Lipinski definition) is 1. The van der Waals surface area contributed by atoms with E-state index < -0.39 is 5.79 Å². The van der Waals surface area contributed by atoms with Crippen LogP contribution < -0.4 is 10.2 Å². The largest absolute Gasteiger partial charge is 0.347 e. The number of carbonyl (C=O) groups is 1. The Morgan fingerprint density at radius 1 is 1.11 bits per heavy atom. The van der Waals surface area contributed by atoms with Gasteiger partial charge >= 0.3 is 0 Å². The quantitative estimate of drug-likeness (QED) is 0.898. The maximum Gasteiger partial charge on any atom is 0.258 e. The highest BCUT2D eigenvalue weighted by Crippen LogP contribution is 2.32. The predicted molar refractivity (Wildman–Crippen MR) is 102 cm³/mol. The second-order valence-electron chi connectivity index (χ2n) is 7.14. The molecule has 1 amide bonds. The van der Waals surface area contributed by atoms with Crippen molar-refractivity contribution in [2.75, 3.05) is 36.5 Å². The smallest absolute Gasteiger partial charge is 0.258 e. The molecule has 1 spiro atoms. The van der Waals surface area contributed by atoms with Crippen LogP contribution in [0.1, 0.15) is 34.3 Å². The lowest BCUT2D eigenvalue weighted by Gasteiger charge is -2.37. The molecular formula is C20H24N4O3. The average Bonchev–Trinajstić information content (AvgIpc) is 3.13. The molecule has 0 bridgehead atoms. The van der Waals surface area contributed by atoms with Crippen LogP contribution in [0.15, 0.2) is 30.6 Å². The standard InChI is InChI=1S/C20H24N4O3/c1-14-3-4-15(2)17(11-14)23-18(25)16-12-21-19(22-13-16)24-7-5-20(6-8-24)26-9-10-27-20/h3-4,11-13H,5-10H2,1-2H3,(H,23,25). The van der Waals surface area contributed by atoms with E-state index in [1.54, 1.807) is 12.4 Å². The molecule has 0 aliphatic carbocycles. The number of hydrogen-bond acceptors (Lipinski definition) is 6. The summed E-state index contributed by atoms with van der Waals surface area (Å²) >= 11 is 0. The Bertz CT molecular complexity index is 822. The number of anilines is 2. The molecule has 2 fully saturated rings. The number of amides is 1. The summed E-state index contributed by atoms with van der Waals surface area (Å²) < 4.78 is 11.5. The maximum absolute atomic E-state index is 12.5. The molecule has 3 heterocycles. The topological polar surface area (TPSA) is 76.6 Å². The van der Waals surface area contributed by atoms with Crippen LogP contribution in [-0.2, 0) is 9.47 Å². The van der Waals surface area contributed by atoms with Gasteiger partial charge in [0.1, 0.15) is 0 Å². The molecule has 1 N–H and O–H groups in total. The van der Waals surface area contributed by atoms with E-state index in [0.717, 1.165) is 42.7 Å². The van der Waals surface area contributed by atoms with Gasteiger partial charge in [-0.15, -0.1) is 0 Å². The summed E-state index contributed by atoms with van der Waals surface area (Å²) in [6, 6.07) is 5.97. The summed E-state index contributed by atoms with van der Waals surface area (Å²) in [6.45, 7) is 6.84. The van der Waals surface area contributed by atoms with Crippen LogP contribution >= 0.6 is 0 Å². The fraction of sp³-hybridized carbons (Fsp3) is 0.450. The molecular weight excluding hydrogens is 344 g/mol. The van der Waals surface area contributed by atoms with Gasteiger partial charge in [0.2, 0.25) is 5.95 Å². The Balaban J connectivity index is 1.40. The van der Waals surface area contributed by atoms with Crippen molar-refractivity contribution in [2.45, 2.75) is 32.5 Å². The fourth-order valence-corrected chi connectivity index (χ4v) is 3.50. The van der Waals surface area contributed by atoms with E-state index in [4.69, 9.17) is 9.47 Å². The number of ether oxygens (including phenoxy) is 2. The van der Waals surface area contributed by atoms with Gasteiger partial charge in [0.05, 0.1) is 18.8 Å². The Labute approximate surface area is 158 Å². The van der Waals surface area contributed by atoms with E-state index in [-0.39, 0.29) is 5.91 Å². The minimum atomic E-state index is -0.415. The lowest BCUT2D eigenvalue weighted by molar-refractivity contribution is -0.169. The molecule has 7 heteroatoms. The van der Waals surface area contributed by atoms with Gasteiger partial charge in [-0.3, -0.25) is 4.79 Å². The first-order valence-corrected chi connectivity index (χ1v) is 9.28. The molecule has 0 atom stereocenters. The van der Waals surface area contributed by atoms with Crippen molar-refractivity contribution in [1.82, 2.24) is 9.97 Å². The van der Waals surface area contributed by atoms with Gasteiger partial charge in [0.25, 0.3) is 5.91 Å². The van der Waals surface area contributed by atoms with Crippen LogP contribution in [0.5, 0.6) is 0 Å². The third-order valence-electron chi connectivity index (χ3n) is 5.16. The van der Waals surface area contributed by atoms with E-state index in [2.05, 4.69) is 20.2 Å². The second kappa shape index (κ2) is 7.25. The van der Waals surface area contributed by atoms with Crippen molar-refractivity contribution in [3.8, 4) is 0 Å². The minimum absolute atomic E-state index is 0.208. The number of carbonyl (C=O) groups excluding carboxylic acids is 1. The van der Waals surface area contributed by atoms with Gasteiger partial charge in [-0.2, -0.15) is 0 Å². The van der Waals surface area contributed by atoms with Crippen LogP contribution in [0.25, 0.3) is 0 Å². The number of nitrogens with zero attached hydrogens (tertiary/aromatic N) is 3. The molecule has 1 aromatic heterocycles. The summed E-state index contributed by atoms with van der Waals surface area (Å²) in [4.78, 5) is 23.4. The minimum Gasteiger partial charge on any atom is -0.347 e. The summed E-state index contributed by atoms with van der Waals surface area (Å²) in [5, 5.41) is 2.93. The van der Waals surface area contributed by atoms with Crippen molar-refractivity contribution >= 4 is 17.5 Å². The lowest BCUT2D eigenvalue weighted by Crippen LogP contribution is -2.45. The van der Waals surface area contributed by atoms with Crippen molar-refractivity contribution in [2.24, 2.45) is 0 Å². The van der Waals surface area contributed by atoms with E-state index in [1.807, 2.05) is 32.0 Å². The van der Waals surface area contributed by atoms with E-state index in [1.165, 1.54) is 0 Å². The summed E-state index contributed by atoms with van der Waals surface area (Å²) in [5.41, 5.74) is 3.36. The molecule has 2 aromatic rings. The van der Waals surface area contributed by atoms with Gasteiger partial charge in [0, 0.05) is 44.0 Å². The number of nitrogens with one attached hydrogen (secondary N) is 1. The molecule has 1 aromatic carbocycles. The number of aryl methyl sites for hydroxylation is 2. The molecule has 0 radical (unpaired) electrons. The van der Waals surface area contributed by atoms with Gasteiger partial charge < -0.3 is 19.7 Å². The first-order chi connectivity index (χ1) is 13.0. The maximum atomic E-state index is 12.5. The molecule has 7 nitrogen and oxygen atoms in total. The third kappa shape index (κ3) is 3.79. The molecule has 0 saturated carbocycles. The molecule has 142 valence electrons. The normalized spacial score (nSPS) is 18.7. The van der Waals surface area contributed by atoms with E-state index in [9.17, 15) is 4.79 Å². The Kier molecular flexibility index (Phi) is 4.80. The Hall–Kier alpha value is -2.51. The zero-order valence-corrected chi connectivity index (χ0v) is 15.7. The van der Waals surface area contributed by atoms with Gasteiger partial charge in [-0.25, -0.2) is 9.97 Å². The van der Waals surface area contributed by atoms with Crippen molar-refractivity contribution in [1.29, 1.82) is 0 Å². The second-order valence-corrected chi connectivity index (χ2v) is 7.14. The van der Waals surface area contributed by atoms with E-state index >= 15 is 0 Å². The first kappa shape index (κ1) is 17.9. The highest BCUT2D eigenvalue weighted by molar-refractivity contribution is 6.04. The number of aromatic nitrogens is 2. The van der Waals surface area contributed by atoms with Crippen LogP contribution in [-0.4, -0.2) is 48.0 Å². The Morgan fingerprint density at radius 2 is 1.78 bits per heavy atom. The number of benzene rings is 1. The van der Waals surface area contributed by atoms with Crippen molar-refractivity contribution in [3.63, 3.8) is 0 Å². The van der Waals surface area contributed by atoms with Crippen LogP contribution in [0, 0.1) is 13.8 Å². The van der Waals surface area contributed by atoms with Crippen LogP contribution in [0.4, 0.5) is 11.6 Å². The lowest BCUT2D eigenvalue weighted by atomic mass is 10.0. The van der Waals surface area contributed by atoms with Crippen LogP contribution in [0.3, 0.4) is 0 Å². The van der Waals surface area contributed by atoms with E-state index in [0.29, 0.717) is 24.7 Å². The third-order valence-corrected chi connectivity index (χ3v) is 5.16. The zero-order valence-electron chi connectivity index (χ0n) is 15.7. The van der Waals surface area contributed by atoms with Gasteiger partial charge in [0.15, 0.2) is 5.79 Å². The summed E-state index contributed by atoms with van der Waals surface area (Å²) in [5.74, 6) is 0.00822. The monoisotopic (exact) mass is 368 g/mol. The number of rotatable bonds is 3. The zero-order chi connectivity index (χ0) is 18.9. The highest BCUT2D eigenvalue weighted by atomic mass is 16.7. The van der Waals surface area contributed by atoms with Crippen LogP contribution in [0.2, 0.25) is 0 Å². The molecule has 2 aliphatic rings. The predicted octanol–water partition coefficient (Wildman–Crippen LogP) is 2.69. The number of piperidine rings is 1. The molecule has 2 aliphatic heterocycles. The molecule has 0 unspecified atom stereocenters.